The van der Waals surface area contributed by atoms with Crippen LogP contribution in [-0.2, 0) is 4.74 Å². The van der Waals surface area contributed by atoms with Gasteiger partial charge in [-0.3, -0.25) is 0 Å². The molecule has 0 unspecified atom stereocenters. The second kappa shape index (κ2) is 7.84. The minimum Gasteiger partial charge on any atom is -0.494 e. The van der Waals surface area contributed by atoms with Crippen LogP contribution in [0.25, 0.3) is 0 Å². The first kappa shape index (κ1) is 16.4. The van der Waals surface area contributed by atoms with E-state index in [1.54, 1.807) is 36.4 Å². The predicted molar refractivity (Wildman–Crippen MR) is 82.0 cm³/mol. The number of rotatable bonds is 5. The van der Waals surface area contributed by atoms with E-state index in [9.17, 15) is 9.59 Å². The first-order valence-corrected chi connectivity index (χ1v) is 6.94. The number of benzene rings is 2. The molecule has 2 aromatic carbocycles. The zero-order valence-corrected chi connectivity index (χ0v) is 12.8. The number of esters is 1. The Morgan fingerprint density at radius 1 is 0.913 bits per heavy atom. The predicted octanol–water partition coefficient (Wildman–Crippen LogP) is 3.45. The van der Waals surface area contributed by atoms with Crippen LogP contribution in [0, 0.1) is 0 Å². The number of carbonyl (C=O) groups excluding carboxylic acids is 2. The fraction of sp³-hybridized carbons (Fsp3) is 0.176. The lowest BCUT2D eigenvalue weighted by molar-refractivity contribution is 0.0597. The molecule has 0 aliphatic carbocycles. The maximum atomic E-state index is 11.8. The van der Waals surface area contributed by atoms with E-state index in [4.69, 9.17) is 14.2 Å². The summed E-state index contributed by atoms with van der Waals surface area (Å²) < 4.78 is 20.0. The molecule has 0 spiro atoms. The molecule has 2 rings (SSSR count). The van der Waals surface area contributed by atoms with E-state index < -0.39 is 12.1 Å². The SMILES string of the molecule is CCOc1ccc(OC(=O)Oc2ccccc2C(=O)OC)cc1. The molecule has 0 amide bonds. The van der Waals surface area contributed by atoms with Crippen molar-refractivity contribution in [1.29, 1.82) is 0 Å². The first-order chi connectivity index (χ1) is 11.1. The summed E-state index contributed by atoms with van der Waals surface area (Å²) in [4.78, 5) is 23.4. The summed E-state index contributed by atoms with van der Waals surface area (Å²) in [6.07, 6.45) is -0.953. The molecule has 0 aliphatic heterocycles. The molecule has 0 heterocycles. The van der Waals surface area contributed by atoms with Crippen molar-refractivity contribution in [3.05, 3.63) is 54.1 Å². The van der Waals surface area contributed by atoms with E-state index in [1.807, 2.05) is 6.92 Å². The summed E-state index contributed by atoms with van der Waals surface area (Å²) in [5.74, 6) is 0.433. The molecule has 0 aromatic heterocycles. The second-order valence-corrected chi connectivity index (χ2v) is 4.35. The van der Waals surface area contributed by atoms with Crippen molar-refractivity contribution in [2.45, 2.75) is 6.92 Å². The zero-order chi connectivity index (χ0) is 16.7. The van der Waals surface area contributed by atoms with Gasteiger partial charge in [0.1, 0.15) is 22.8 Å². The van der Waals surface area contributed by atoms with Gasteiger partial charge in [0.25, 0.3) is 0 Å². The van der Waals surface area contributed by atoms with Gasteiger partial charge < -0.3 is 18.9 Å². The van der Waals surface area contributed by atoms with Crippen molar-refractivity contribution in [3.8, 4) is 17.2 Å². The fourth-order valence-electron chi connectivity index (χ4n) is 1.81. The molecule has 0 bridgehead atoms. The van der Waals surface area contributed by atoms with Gasteiger partial charge in [0, 0.05) is 0 Å². The summed E-state index contributed by atoms with van der Waals surface area (Å²) in [5.41, 5.74) is 0.138. The third kappa shape index (κ3) is 4.47. The molecule has 120 valence electrons. The highest BCUT2D eigenvalue weighted by molar-refractivity contribution is 5.93. The Labute approximate surface area is 133 Å². The van der Waals surface area contributed by atoms with Crippen molar-refractivity contribution in [3.63, 3.8) is 0 Å². The molecule has 0 radical (unpaired) electrons. The summed E-state index contributed by atoms with van der Waals surface area (Å²) in [6.45, 7) is 2.42. The highest BCUT2D eigenvalue weighted by atomic mass is 16.7. The Hall–Kier alpha value is -3.02. The van der Waals surface area contributed by atoms with Crippen molar-refractivity contribution in [2.75, 3.05) is 13.7 Å². The van der Waals surface area contributed by atoms with E-state index in [-0.39, 0.29) is 11.3 Å². The quantitative estimate of drug-likeness (QED) is 0.621. The lowest BCUT2D eigenvalue weighted by atomic mass is 10.2. The average molecular weight is 316 g/mol. The van der Waals surface area contributed by atoms with Gasteiger partial charge in [-0.1, -0.05) is 12.1 Å². The highest BCUT2D eigenvalue weighted by Crippen LogP contribution is 2.21. The van der Waals surface area contributed by atoms with Crippen LogP contribution in [0.3, 0.4) is 0 Å². The Kier molecular flexibility index (Phi) is 5.57. The van der Waals surface area contributed by atoms with Crippen LogP contribution in [0.2, 0.25) is 0 Å². The maximum Gasteiger partial charge on any atom is 0.519 e. The molecule has 6 heteroatoms. The van der Waals surface area contributed by atoms with Gasteiger partial charge in [0.2, 0.25) is 0 Å². The number of carbonyl (C=O) groups is 2. The monoisotopic (exact) mass is 316 g/mol. The van der Waals surface area contributed by atoms with Crippen LogP contribution in [-0.4, -0.2) is 25.8 Å². The minimum atomic E-state index is -0.953. The molecule has 0 saturated heterocycles. The van der Waals surface area contributed by atoms with Crippen molar-refractivity contribution >= 4 is 12.1 Å². The topological polar surface area (TPSA) is 71.1 Å². The van der Waals surface area contributed by atoms with Crippen LogP contribution < -0.4 is 14.2 Å². The molecule has 0 saturated carbocycles. The Morgan fingerprint density at radius 2 is 1.57 bits per heavy atom. The van der Waals surface area contributed by atoms with Gasteiger partial charge in [-0.25, -0.2) is 9.59 Å². The van der Waals surface area contributed by atoms with Gasteiger partial charge >= 0.3 is 12.1 Å². The first-order valence-electron chi connectivity index (χ1n) is 6.94. The van der Waals surface area contributed by atoms with Crippen LogP contribution in [0.1, 0.15) is 17.3 Å². The van der Waals surface area contributed by atoms with Crippen molar-refractivity contribution < 1.29 is 28.5 Å². The third-order valence-corrected chi connectivity index (χ3v) is 2.82. The second-order valence-electron chi connectivity index (χ2n) is 4.35. The summed E-state index contributed by atoms with van der Waals surface area (Å²) in [5, 5.41) is 0. The number of para-hydroxylation sites is 1. The van der Waals surface area contributed by atoms with Gasteiger partial charge in [0.05, 0.1) is 13.7 Å². The smallest absolute Gasteiger partial charge is 0.494 e. The number of hydrogen-bond acceptors (Lipinski definition) is 6. The van der Waals surface area contributed by atoms with Gasteiger partial charge in [-0.15, -0.1) is 0 Å². The minimum absolute atomic E-state index is 0.0651. The zero-order valence-electron chi connectivity index (χ0n) is 12.8. The molecule has 0 aliphatic rings. The molecule has 0 fully saturated rings. The average Bonchev–Trinajstić information content (AvgIpc) is 2.56. The standard InChI is InChI=1S/C17H16O6/c1-3-21-12-8-10-13(11-9-12)22-17(19)23-15-7-5-4-6-14(15)16(18)20-2/h4-11H,3H2,1-2H3. The summed E-state index contributed by atoms with van der Waals surface area (Å²) in [6, 6.07) is 12.7. The molecule has 0 atom stereocenters. The van der Waals surface area contributed by atoms with Crippen molar-refractivity contribution in [2.24, 2.45) is 0 Å². The van der Waals surface area contributed by atoms with E-state index in [2.05, 4.69) is 4.74 Å². The van der Waals surface area contributed by atoms with Crippen molar-refractivity contribution in [1.82, 2.24) is 0 Å². The summed E-state index contributed by atoms with van der Waals surface area (Å²) >= 11 is 0. The molecule has 2 aromatic rings. The number of methoxy groups -OCH3 is 1. The molecule has 23 heavy (non-hydrogen) atoms. The summed E-state index contributed by atoms with van der Waals surface area (Å²) in [7, 11) is 1.25. The Bertz CT molecular complexity index is 678. The molecule has 0 N–H and O–H groups in total. The van der Waals surface area contributed by atoms with Crippen LogP contribution in [0.4, 0.5) is 4.79 Å². The highest BCUT2D eigenvalue weighted by Gasteiger charge is 2.16. The van der Waals surface area contributed by atoms with E-state index in [0.717, 1.165) is 0 Å². The fourth-order valence-corrected chi connectivity index (χ4v) is 1.81. The largest absolute Gasteiger partial charge is 0.519 e. The Balaban J connectivity index is 2.04. The normalized spacial score (nSPS) is 9.83. The van der Waals surface area contributed by atoms with Gasteiger partial charge in [-0.2, -0.15) is 0 Å². The number of hydrogen-bond donors (Lipinski definition) is 0. The molecule has 6 nitrogen and oxygen atoms in total. The van der Waals surface area contributed by atoms with Crippen LogP contribution >= 0.6 is 0 Å². The maximum absolute atomic E-state index is 11.8. The lowest BCUT2D eigenvalue weighted by Gasteiger charge is -2.09. The lowest BCUT2D eigenvalue weighted by Crippen LogP contribution is -2.16. The van der Waals surface area contributed by atoms with Crippen LogP contribution in [0.5, 0.6) is 17.2 Å². The van der Waals surface area contributed by atoms with E-state index in [0.29, 0.717) is 18.1 Å². The van der Waals surface area contributed by atoms with Gasteiger partial charge in [-0.05, 0) is 43.3 Å². The van der Waals surface area contributed by atoms with Gasteiger partial charge in [0.15, 0.2) is 0 Å². The van der Waals surface area contributed by atoms with Crippen LogP contribution in [0.15, 0.2) is 48.5 Å². The number of ether oxygens (including phenoxy) is 4. The molecular weight excluding hydrogens is 300 g/mol. The Morgan fingerprint density at radius 3 is 2.22 bits per heavy atom. The molecular formula is C17H16O6. The van der Waals surface area contributed by atoms with E-state index in [1.165, 1.54) is 19.2 Å². The third-order valence-electron chi connectivity index (χ3n) is 2.82. The van der Waals surface area contributed by atoms with E-state index >= 15 is 0 Å².